The first-order valence-corrected chi connectivity index (χ1v) is 7.74. The SMILES string of the molecule is C[C@H]1C[C@H](C)CN(CCn2cnc(-c3ccccn3)n2)C1. The van der Waals surface area contributed by atoms with Crippen LogP contribution >= 0.6 is 0 Å². The van der Waals surface area contributed by atoms with Crippen molar-refractivity contribution in [2.75, 3.05) is 19.6 Å². The Morgan fingerprint density at radius 1 is 1.10 bits per heavy atom. The number of likely N-dealkylation sites (tertiary alicyclic amines) is 1. The predicted octanol–water partition coefficient (Wildman–Crippen LogP) is 2.32. The van der Waals surface area contributed by atoms with E-state index in [1.807, 2.05) is 22.9 Å². The van der Waals surface area contributed by atoms with Gasteiger partial charge in [-0.25, -0.2) is 4.98 Å². The van der Waals surface area contributed by atoms with Crippen LogP contribution in [0.25, 0.3) is 11.5 Å². The first-order chi connectivity index (χ1) is 10.2. The zero-order valence-electron chi connectivity index (χ0n) is 12.8. The molecule has 0 saturated carbocycles. The molecule has 5 nitrogen and oxygen atoms in total. The summed E-state index contributed by atoms with van der Waals surface area (Å²) in [6.07, 6.45) is 4.93. The summed E-state index contributed by atoms with van der Waals surface area (Å²) < 4.78 is 1.92. The molecule has 0 bridgehead atoms. The molecule has 2 aromatic rings. The molecule has 1 saturated heterocycles. The van der Waals surface area contributed by atoms with Crippen molar-refractivity contribution >= 4 is 0 Å². The van der Waals surface area contributed by atoms with Crippen molar-refractivity contribution in [2.24, 2.45) is 11.8 Å². The normalized spacial score (nSPS) is 23.3. The van der Waals surface area contributed by atoms with Crippen molar-refractivity contribution in [1.29, 1.82) is 0 Å². The van der Waals surface area contributed by atoms with Gasteiger partial charge in [0.2, 0.25) is 0 Å². The van der Waals surface area contributed by atoms with Gasteiger partial charge in [0.1, 0.15) is 12.0 Å². The van der Waals surface area contributed by atoms with Crippen LogP contribution in [0.15, 0.2) is 30.7 Å². The zero-order chi connectivity index (χ0) is 14.7. The fourth-order valence-electron chi connectivity index (χ4n) is 3.23. The van der Waals surface area contributed by atoms with Crippen LogP contribution < -0.4 is 0 Å². The van der Waals surface area contributed by atoms with Gasteiger partial charge in [0, 0.05) is 25.8 Å². The highest BCUT2D eigenvalue weighted by Gasteiger charge is 2.21. The monoisotopic (exact) mass is 285 g/mol. The summed E-state index contributed by atoms with van der Waals surface area (Å²) in [6, 6.07) is 5.80. The molecule has 3 heterocycles. The number of piperidine rings is 1. The summed E-state index contributed by atoms with van der Waals surface area (Å²) in [5, 5.41) is 4.52. The number of hydrogen-bond donors (Lipinski definition) is 0. The number of pyridine rings is 1. The minimum absolute atomic E-state index is 0.705. The summed E-state index contributed by atoms with van der Waals surface area (Å²) >= 11 is 0. The number of aromatic nitrogens is 4. The molecule has 5 heteroatoms. The number of hydrogen-bond acceptors (Lipinski definition) is 4. The van der Waals surface area contributed by atoms with Gasteiger partial charge in [0.15, 0.2) is 5.82 Å². The van der Waals surface area contributed by atoms with Gasteiger partial charge >= 0.3 is 0 Å². The standard InChI is InChI=1S/C16H23N5/c1-13-9-14(2)11-20(10-13)7-8-21-12-18-16(19-21)15-5-3-4-6-17-15/h3-6,12-14H,7-11H2,1-2H3/t13-,14-/m0/s1. The maximum Gasteiger partial charge on any atom is 0.199 e. The molecule has 3 rings (SSSR count). The van der Waals surface area contributed by atoms with E-state index in [-0.39, 0.29) is 0 Å². The summed E-state index contributed by atoms with van der Waals surface area (Å²) in [6.45, 7) is 9.02. The van der Waals surface area contributed by atoms with Crippen molar-refractivity contribution in [3.05, 3.63) is 30.7 Å². The molecule has 1 aliphatic rings. The van der Waals surface area contributed by atoms with Gasteiger partial charge in [0.25, 0.3) is 0 Å². The molecule has 1 fully saturated rings. The third-order valence-electron chi connectivity index (χ3n) is 4.02. The Hall–Kier alpha value is -1.75. The Balaban J connectivity index is 1.58. The van der Waals surface area contributed by atoms with E-state index in [1.54, 1.807) is 12.5 Å². The van der Waals surface area contributed by atoms with E-state index in [1.165, 1.54) is 19.5 Å². The molecule has 0 radical (unpaired) electrons. The molecular weight excluding hydrogens is 262 g/mol. The van der Waals surface area contributed by atoms with Gasteiger partial charge < -0.3 is 4.90 Å². The minimum atomic E-state index is 0.705. The molecule has 2 atom stereocenters. The van der Waals surface area contributed by atoms with Gasteiger partial charge in [0.05, 0.1) is 6.54 Å². The largest absolute Gasteiger partial charge is 0.301 e. The van der Waals surface area contributed by atoms with Crippen LogP contribution in [0.3, 0.4) is 0 Å². The van der Waals surface area contributed by atoms with Crippen LogP contribution in [-0.4, -0.2) is 44.3 Å². The van der Waals surface area contributed by atoms with E-state index in [4.69, 9.17) is 0 Å². The molecule has 0 aliphatic carbocycles. The van der Waals surface area contributed by atoms with Crippen LogP contribution in [0.2, 0.25) is 0 Å². The van der Waals surface area contributed by atoms with Crippen LogP contribution in [0.4, 0.5) is 0 Å². The van der Waals surface area contributed by atoms with E-state index in [0.29, 0.717) is 5.82 Å². The van der Waals surface area contributed by atoms with Crippen molar-refractivity contribution in [1.82, 2.24) is 24.6 Å². The predicted molar refractivity (Wildman–Crippen MR) is 82.6 cm³/mol. The minimum Gasteiger partial charge on any atom is -0.301 e. The summed E-state index contributed by atoms with van der Waals surface area (Å²) in [4.78, 5) is 11.2. The first-order valence-electron chi connectivity index (χ1n) is 7.74. The molecule has 112 valence electrons. The van der Waals surface area contributed by atoms with Crippen molar-refractivity contribution in [3.8, 4) is 11.5 Å². The Kier molecular flexibility index (Phi) is 4.29. The van der Waals surface area contributed by atoms with Crippen molar-refractivity contribution < 1.29 is 0 Å². The lowest BCUT2D eigenvalue weighted by atomic mass is 9.92. The molecule has 0 aromatic carbocycles. The Labute approximate surface area is 126 Å². The lowest BCUT2D eigenvalue weighted by Crippen LogP contribution is -2.40. The average molecular weight is 285 g/mol. The van der Waals surface area contributed by atoms with Gasteiger partial charge in [-0.15, -0.1) is 5.10 Å². The first kappa shape index (κ1) is 14.2. The van der Waals surface area contributed by atoms with E-state index in [9.17, 15) is 0 Å². The molecule has 0 N–H and O–H groups in total. The maximum absolute atomic E-state index is 4.52. The summed E-state index contributed by atoms with van der Waals surface area (Å²) in [5.41, 5.74) is 0.830. The molecule has 0 amide bonds. The number of rotatable bonds is 4. The summed E-state index contributed by atoms with van der Waals surface area (Å²) in [7, 11) is 0. The second kappa shape index (κ2) is 6.35. The van der Waals surface area contributed by atoms with E-state index < -0.39 is 0 Å². The highest BCUT2D eigenvalue weighted by atomic mass is 15.3. The fourth-order valence-corrected chi connectivity index (χ4v) is 3.23. The van der Waals surface area contributed by atoms with Gasteiger partial charge in [-0.05, 0) is 30.4 Å². The molecule has 2 aromatic heterocycles. The highest BCUT2D eigenvalue weighted by molar-refractivity contribution is 5.46. The third kappa shape index (κ3) is 3.67. The van der Waals surface area contributed by atoms with Crippen LogP contribution in [0.5, 0.6) is 0 Å². The Bertz CT molecular complexity index is 555. The average Bonchev–Trinajstić information content (AvgIpc) is 2.94. The van der Waals surface area contributed by atoms with Gasteiger partial charge in [-0.2, -0.15) is 0 Å². The lowest BCUT2D eigenvalue weighted by molar-refractivity contribution is 0.135. The third-order valence-corrected chi connectivity index (χ3v) is 4.02. The van der Waals surface area contributed by atoms with Crippen LogP contribution in [0.1, 0.15) is 20.3 Å². The highest BCUT2D eigenvalue weighted by Crippen LogP contribution is 2.20. The molecule has 1 aliphatic heterocycles. The van der Waals surface area contributed by atoms with E-state index >= 15 is 0 Å². The molecular formula is C16H23N5. The molecule has 0 spiro atoms. The van der Waals surface area contributed by atoms with Crippen molar-refractivity contribution in [2.45, 2.75) is 26.8 Å². The topological polar surface area (TPSA) is 46.8 Å². The second-order valence-electron chi connectivity index (χ2n) is 6.25. The lowest BCUT2D eigenvalue weighted by Gasteiger charge is -2.34. The maximum atomic E-state index is 4.52. The van der Waals surface area contributed by atoms with Gasteiger partial charge in [-0.3, -0.25) is 9.67 Å². The van der Waals surface area contributed by atoms with E-state index in [0.717, 1.165) is 30.6 Å². The quantitative estimate of drug-likeness (QED) is 0.865. The smallest absolute Gasteiger partial charge is 0.199 e. The second-order valence-corrected chi connectivity index (χ2v) is 6.25. The summed E-state index contributed by atoms with van der Waals surface area (Å²) in [5.74, 6) is 2.30. The van der Waals surface area contributed by atoms with Crippen LogP contribution in [0, 0.1) is 11.8 Å². The molecule has 21 heavy (non-hydrogen) atoms. The Morgan fingerprint density at radius 2 is 1.90 bits per heavy atom. The van der Waals surface area contributed by atoms with Crippen molar-refractivity contribution in [3.63, 3.8) is 0 Å². The Morgan fingerprint density at radius 3 is 2.62 bits per heavy atom. The zero-order valence-corrected chi connectivity index (χ0v) is 12.8. The fraction of sp³-hybridized carbons (Fsp3) is 0.562. The number of nitrogens with zero attached hydrogens (tertiary/aromatic N) is 5. The molecule has 0 unspecified atom stereocenters. The van der Waals surface area contributed by atoms with Crippen LogP contribution in [-0.2, 0) is 6.54 Å². The van der Waals surface area contributed by atoms with E-state index in [2.05, 4.69) is 33.8 Å². The van der Waals surface area contributed by atoms with Gasteiger partial charge in [-0.1, -0.05) is 19.9 Å².